The van der Waals surface area contributed by atoms with Gasteiger partial charge in [-0.1, -0.05) is 30.3 Å². The van der Waals surface area contributed by atoms with Crippen molar-refractivity contribution in [2.45, 2.75) is 18.4 Å². The van der Waals surface area contributed by atoms with Crippen molar-refractivity contribution in [3.8, 4) is 0 Å². The van der Waals surface area contributed by atoms with Crippen LogP contribution in [0.2, 0.25) is 0 Å². The Labute approximate surface area is 123 Å². The van der Waals surface area contributed by atoms with Gasteiger partial charge in [0.25, 0.3) is 0 Å². The summed E-state index contributed by atoms with van der Waals surface area (Å²) in [4.78, 5) is 44.8. The molecule has 0 saturated heterocycles. The second-order valence-electron chi connectivity index (χ2n) is 4.21. The SMILES string of the molecule is O=C(O)CC(O)(CC(=O)SC(=O)c1ccccc1)C(=O)O. The molecule has 8 heteroatoms. The highest BCUT2D eigenvalue weighted by Crippen LogP contribution is 2.23. The summed E-state index contributed by atoms with van der Waals surface area (Å²) in [6, 6.07) is 7.82. The predicted molar refractivity (Wildman–Crippen MR) is 72.8 cm³/mol. The number of thioether (sulfide) groups is 1. The monoisotopic (exact) mass is 312 g/mol. The molecular formula is C13H12O7S. The molecule has 0 aliphatic heterocycles. The van der Waals surface area contributed by atoms with Crippen molar-refractivity contribution < 1.29 is 34.5 Å². The van der Waals surface area contributed by atoms with Gasteiger partial charge in [-0.15, -0.1) is 0 Å². The van der Waals surface area contributed by atoms with Gasteiger partial charge in [-0.2, -0.15) is 0 Å². The largest absolute Gasteiger partial charge is 0.481 e. The van der Waals surface area contributed by atoms with E-state index in [4.69, 9.17) is 10.2 Å². The van der Waals surface area contributed by atoms with Gasteiger partial charge in [0.2, 0.25) is 5.12 Å². The maximum absolute atomic E-state index is 11.7. The fourth-order valence-corrected chi connectivity index (χ4v) is 2.25. The van der Waals surface area contributed by atoms with Crippen LogP contribution in [0.3, 0.4) is 0 Å². The lowest BCUT2D eigenvalue weighted by atomic mass is 9.96. The summed E-state index contributed by atoms with van der Waals surface area (Å²) in [7, 11) is 0. The fraction of sp³-hybridized carbons (Fsp3) is 0.231. The van der Waals surface area contributed by atoms with Crippen LogP contribution in [0.5, 0.6) is 0 Å². The first kappa shape index (κ1) is 16.9. The number of carbonyl (C=O) groups excluding carboxylic acids is 2. The molecule has 3 N–H and O–H groups in total. The van der Waals surface area contributed by atoms with Crippen molar-refractivity contribution in [1.29, 1.82) is 0 Å². The molecule has 0 radical (unpaired) electrons. The van der Waals surface area contributed by atoms with E-state index in [0.717, 1.165) is 0 Å². The molecule has 0 heterocycles. The van der Waals surface area contributed by atoms with Crippen LogP contribution < -0.4 is 0 Å². The minimum Gasteiger partial charge on any atom is -0.481 e. The lowest BCUT2D eigenvalue weighted by molar-refractivity contribution is -0.166. The topological polar surface area (TPSA) is 129 Å². The van der Waals surface area contributed by atoms with Crippen LogP contribution in [0.4, 0.5) is 0 Å². The van der Waals surface area contributed by atoms with Gasteiger partial charge in [0.05, 0.1) is 12.8 Å². The quantitative estimate of drug-likeness (QED) is 0.702. The summed E-state index contributed by atoms with van der Waals surface area (Å²) in [6.45, 7) is 0. The number of aliphatic carboxylic acids is 2. The van der Waals surface area contributed by atoms with Crippen molar-refractivity contribution in [3.05, 3.63) is 35.9 Å². The Morgan fingerprint density at radius 1 is 1.00 bits per heavy atom. The second-order valence-corrected chi connectivity index (χ2v) is 5.24. The number of carboxylic acids is 2. The van der Waals surface area contributed by atoms with Crippen molar-refractivity contribution in [3.63, 3.8) is 0 Å². The van der Waals surface area contributed by atoms with Crippen LogP contribution in [-0.4, -0.2) is 43.1 Å². The molecule has 0 aromatic heterocycles. The number of benzene rings is 1. The van der Waals surface area contributed by atoms with Gasteiger partial charge in [-0.25, -0.2) is 4.79 Å². The Bertz CT molecular complexity index is 569. The van der Waals surface area contributed by atoms with Crippen LogP contribution in [0.1, 0.15) is 23.2 Å². The van der Waals surface area contributed by atoms with Gasteiger partial charge in [0, 0.05) is 5.56 Å². The summed E-state index contributed by atoms with van der Waals surface area (Å²) in [5, 5.41) is 25.5. The van der Waals surface area contributed by atoms with Crippen LogP contribution in [0.15, 0.2) is 30.3 Å². The summed E-state index contributed by atoms with van der Waals surface area (Å²) < 4.78 is 0. The highest BCUT2D eigenvalue weighted by Gasteiger charge is 2.41. The van der Waals surface area contributed by atoms with E-state index in [2.05, 4.69) is 0 Å². The maximum Gasteiger partial charge on any atom is 0.336 e. The molecule has 21 heavy (non-hydrogen) atoms. The molecule has 0 amide bonds. The molecular weight excluding hydrogens is 300 g/mol. The zero-order valence-corrected chi connectivity index (χ0v) is 11.5. The molecule has 0 fully saturated rings. The van der Waals surface area contributed by atoms with E-state index in [9.17, 15) is 24.3 Å². The van der Waals surface area contributed by atoms with E-state index in [1.165, 1.54) is 12.1 Å². The van der Waals surface area contributed by atoms with Gasteiger partial charge in [0.15, 0.2) is 10.7 Å². The number of hydrogen-bond donors (Lipinski definition) is 3. The molecule has 1 unspecified atom stereocenters. The zero-order valence-electron chi connectivity index (χ0n) is 10.7. The van der Waals surface area contributed by atoms with E-state index in [1.807, 2.05) is 0 Å². The first-order valence-corrected chi connectivity index (χ1v) is 6.54. The lowest BCUT2D eigenvalue weighted by Crippen LogP contribution is -2.42. The van der Waals surface area contributed by atoms with E-state index >= 15 is 0 Å². The first-order valence-electron chi connectivity index (χ1n) is 5.72. The average Bonchev–Trinajstić information content (AvgIpc) is 2.38. The molecule has 0 aliphatic carbocycles. The third-order valence-electron chi connectivity index (χ3n) is 2.49. The molecule has 0 saturated carbocycles. The van der Waals surface area contributed by atoms with E-state index in [-0.39, 0.29) is 17.3 Å². The summed E-state index contributed by atoms with van der Waals surface area (Å²) in [5.74, 6) is -3.39. The summed E-state index contributed by atoms with van der Waals surface area (Å²) in [5.41, 5.74) is -2.49. The van der Waals surface area contributed by atoms with E-state index in [0.29, 0.717) is 0 Å². The molecule has 0 bridgehead atoms. The van der Waals surface area contributed by atoms with Crippen molar-refractivity contribution in [2.24, 2.45) is 0 Å². The van der Waals surface area contributed by atoms with Crippen LogP contribution >= 0.6 is 11.8 Å². The Morgan fingerprint density at radius 3 is 2.05 bits per heavy atom. The number of aliphatic hydroxyl groups is 1. The molecule has 1 aromatic rings. The average molecular weight is 312 g/mol. The number of hydrogen-bond acceptors (Lipinski definition) is 6. The molecule has 1 atom stereocenters. The molecule has 0 spiro atoms. The van der Waals surface area contributed by atoms with Gasteiger partial charge >= 0.3 is 11.9 Å². The third-order valence-corrected chi connectivity index (χ3v) is 3.29. The van der Waals surface area contributed by atoms with E-state index in [1.54, 1.807) is 18.2 Å². The molecule has 7 nitrogen and oxygen atoms in total. The summed E-state index contributed by atoms with van der Waals surface area (Å²) >= 11 is 0.230. The minimum absolute atomic E-state index is 0.230. The third kappa shape index (κ3) is 5.01. The van der Waals surface area contributed by atoms with E-state index < -0.39 is 40.6 Å². The highest BCUT2D eigenvalue weighted by molar-refractivity contribution is 8.26. The molecule has 0 aliphatic rings. The van der Waals surface area contributed by atoms with Crippen molar-refractivity contribution in [2.75, 3.05) is 0 Å². The minimum atomic E-state index is -2.73. The number of rotatable bonds is 6. The Morgan fingerprint density at radius 2 is 1.57 bits per heavy atom. The van der Waals surface area contributed by atoms with Crippen molar-refractivity contribution in [1.82, 2.24) is 0 Å². The van der Waals surface area contributed by atoms with Crippen LogP contribution in [0, 0.1) is 0 Å². The highest BCUT2D eigenvalue weighted by atomic mass is 32.2. The molecule has 1 aromatic carbocycles. The fourth-order valence-electron chi connectivity index (χ4n) is 1.48. The Hall–Kier alpha value is -2.19. The van der Waals surface area contributed by atoms with Crippen molar-refractivity contribution >= 4 is 33.9 Å². The van der Waals surface area contributed by atoms with Gasteiger partial charge < -0.3 is 15.3 Å². The number of carbonyl (C=O) groups is 4. The summed E-state index contributed by atoms with van der Waals surface area (Å²) in [6.07, 6.45) is -2.11. The van der Waals surface area contributed by atoms with Crippen LogP contribution in [0.25, 0.3) is 0 Å². The smallest absolute Gasteiger partial charge is 0.336 e. The van der Waals surface area contributed by atoms with Crippen LogP contribution in [-0.2, 0) is 14.4 Å². The standard InChI is InChI=1S/C13H12O7S/c14-9(15)6-13(20,12(18)19)7-10(16)21-11(17)8-4-2-1-3-5-8/h1-5,20H,6-7H2,(H,14,15)(H,18,19). The molecule has 112 valence electrons. The zero-order chi connectivity index (χ0) is 16.0. The van der Waals surface area contributed by atoms with Gasteiger partial charge in [-0.05, 0) is 11.8 Å². The molecule has 1 rings (SSSR count). The Kier molecular flexibility index (Phi) is 5.62. The lowest BCUT2D eigenvalue weighted by Gasteiger charge is -2.19. The second kappa shape index (κ2) is 7.00. The van der Waals surface area contributed by atoms with Gasteiger partial charge in [-0.3, -0.25) is 14.4 Å². The predicted octanol–water partition coefficient (Wildman–Crippen LogP) is 0.767. The number of carboxylic acid groups (broad SMARTS) is 2. The Balaban J connectivity index is 2.73. The maximum atomic E-state index is 11.7. The first-order chi connectivity index (χ1) is 9.74. The van der Waals surface area contributed by atoms with Gasteiger partial charge in [0.1, 0.15) is 0 Å². The normalized spacial score (nSPS) is 13.2.